The zero-order chi connectivity index (χ0) is 14.7. The molecule has 1 aromatic carbocycles. The van der Waals surface area contributed by atoms with Gasteiger partial charge in [-0.3, -0.25) is 9.59 Å². The van der Waals surface area contributed by atoms with Crippen molar-refractivity contribution in [1.29, 1.82) is 0 Å². The maximum atomic E-state index is 13.5. The molecule has 0 aliphatic carbocycles. The monoisotopic (exact) mass is 296 g/mol. The van der Waals surface area contributed by atoms with Gasteiger partial charge >= 0.3 is 0 Å². The molecule has 0 spiro atoms. The molecule has 0 aliphatic rings. The number of aromatic nitrogens is 1. The lowest BCUT2D eigenvalue weighted by molar-refractivity contribution is -0.123. The Balaban J connectivity index is 2.07. The van der Waals surface area contributed by atoms with E-state index in [1.165, 1.54) is 17.4 Å². The molecule has 0 radical (unpaired) electrons. The molecule has 0 saturated carbocycles. The number of fused-ring (bicyclic) bond motifs is 1. The van der Waals surface area contributed by atoms with Gasteiger partial charge in [0.15, 0.2) is 5.13 Å². The number of amides is 2. The number of halogens is 1. The Morgan fingerprint density at radius 2 is 2.25 bits per heavy atom. The lowest BCUT2D eigenvalue weighted by Crippen LogP contribution is -2.39. The maximum Gasteiger partial charge on any atom is 0.240 e. The fourth-order valence-electron chi connectivity index (χ4n) is 1.59. The second kappa shape index (κ2) is 5.83. The smallest absolute Gasteiger partial charge is 0.240 e. The van der Waals surface area contributed by atoms with E-state index < -0.39 is 11.7 Å². The Morgan fingerprint density at radius 3 is 2.90 bits per heavy atom. The Morgan fingerprint density at radius 1 is 1.50 bits per heavy atom. The van der Waals surface area contributed by atoms with E-state index >= 15 is 0 Å². The van der Waals surface area contributed by atoms with E-state index in [9.17, 15) is 14.0 Å². The van der Waals surface area contributed by atoms with Crippen molar-refractivity contribution in [3.63, 3.8) is 0 Å². The molecule has 106 valence electrons. The molecule has 6 nitrogen and oxygen atoms in total. The van der Waals surface area contributed by atoms with Crippen LogP contribution in [0, 0.1) is 5.82 Å². The van der Waals surface area contributed by atoms with Crippen molar-refractivity contribution >= 4 is 38.5 Å². The molecule has 2 aromatic rings. The largest absolute Gasteiger partial charge is 0.368 e. The summed E-state index contributed by atoms with van der Waals surface area (Å²) < 4.78 is 14.2. The molecule has 1 heterocycles. The third kappa shape index (κ3) is 3.21. The van der Waals surface area contributed by atoms with Crippen LogP contribution in [0.4, 0.5) is 9.52 Å². The van der Waals surface area contributed by atoms with Gasteiger partial charge in [-0.25, -0.2) is 9.37 Å². The number of carbonyl (C=O) groups is 2. The van der Waals surface area contributed by atoms with E-state index in [0.29, 0.717) is 9.83 Å². The SMILES string of the molecule is CN(CC(=O)NCC(N)=O)c1nc2c(F)cccc2s1. The summed E-state index contributed by atoms with van der Waals surface area (Å²) in [6, 6.07) is 4.71. The number of nitrogens with zero attached hydrogens (tertiary/aromatic N) is 2. The minimum atomic E-state index is -0.608. The molecule has 20 heavy (non-hydrogen) atoms. The number of carbonyl (C=O) groups excluding carboxylic acids is 2. The molecule has 2 amide bonds. The number of thiazole rings is 1. The molecule has 0 aliphatic heterocycles. The van der Waals surface area contributed by atoms with Crippen LogP contribution in [-0.2, 0) is 9.59 Å². The zero-order valence-corrected chi connectivity index (χ0v) is 11.5. The van der Waals surface area contributed by atoms with Crippen LogP contribution < -0.4 is 16.0 Å². The van der Waals surface area contributed by atoms with Crippen LogP contribution in [0.5, 0.6) is 0 Å². The van der Waals surface area contributed by atoms with E-state index in [4.69, 9.17) is 5.73 Å². The summed E-state index contributed by atoms with van der Waals surface area (Å²) in [5, 5.41) is 2.90. The average Bonchev–Trinajstić information content (AvgIpc) is 2.82. The van der Waals surface area contributed by atoms with Crippen molar-refractivity contribution in [2.75, 3.05) is 25.0 Å². The predicted octanol–water partition coefficient (Wildman–Crippen LogP) is 0.473. The van der Waals surface area contributed by atoms with Crippen molar-refractivity contribution in [3.05, 3.63) is 24.0 Å². The van der Waals surface area contributed by atoms with Gasteiger partial charge in [0.2, 0.25) is 11.8 Å². The molecule has 8 heteroatoms. The predicted molar refractivity (Wildman–Crippen MR) is 75.1 cm³/mol. The molecule has 2 rings (SSSR count). The number of nitrogens with one attached hydrogen (secondary N) is 1. The molecule has 1 aromatic heterocycles. The summed E-state index contributed by atoms with van der Waals surface area (Å²) in [5.41, 5.74) is 5.22. The topological polar surface area (TPSA) is 88.3 Å². The Labute approximate surface area is 118 Å². The fraction of sp³-hybridized carbons (Fsp3) is 0.250. The molecule has 0 atom stereocenters. The van der Waals surface area contributed by atoms with E-state index in [2.05, 4.69) is 10.3 Å². The van der Waals surface area contributed by atoms with Crippen LogP contribution in [0.1, 0.15) is 0 Å². The van der Waals surface area contributed by atoms with Crippen LogP contribution in [0.2, 0.25) is 0 Å². The zero-order valence-electron chi connectivity index (χ0n) is 10.7. The molecule has 0 saturated heterocycles. The van der Waals surface area contributed by atoms with Crippen molar-refractivity contribution in [2.45, 2.75) is 0 Å². The molecular formula is C12H13FN4O2S. The molecule has 0 fully saturated rings. The van der Waals surface area contributed by atoms with Gasteiger partial charge in [-0.2, -0.15) is 0 Å². The number of benzene rings is 1. The van der Waals surface area contributed by atoms with Crippen LogP contribution in [0.15, 0.2) is 18.2 Å². The van der Waals surface area contributed by atoms with Crippen LogP contribution in [0.25, 0.3) is 10.2 Å². The van der Waals surface area contributed by atoms with Crippen LogP contribution in [-0.4, -0.2) is 36.9 Å². The van der Waals surface area contributed by atoms with Gasteiger partial charge in [-0.1, -0.05) is 17.4 Å². The number of hydrogen-bond acceptors (Lipinski definition) is 5. The van der Waals surface area contributed by atoms with Gasteiger partial charge < -0.3 is 16.0 Å². The molecular weight excluding hydrogens is 283 g/mol. The highest BCUT2D eigenvalue weighted by molar-refractivity contribution is 7.22. The van der Waals surface area contributed by atoms with Crippen molar-refractivity contribution in [1.82, 2.24) is 10.3 Å². The van der Waals surface area contributed by atoms with Gasteiger partial charge in [0, 0.05) is 7.05 Å². The maximum absolute atomic E-state index is 13.5. The lowest BCUT2D eigenvalue weighted by atomic mass is 10.3. The number of nitrogens with two attached hydrogens (primary N) is 1. The molecule has 0 bridgehead atoms. The summed E-state index contributed by atoms with van der Waals surface area (Å²) in [5.74, 6) is -1.36. The summed E-state index contributed by atoms with van der Waals surface area (Å²) >= 11 is 1.29. The number of likely N-dealkylation sites (N-methyl/N-ethyl adjacent to an activating group) is 1. The standard InChI is InChI=1S/C12H13FN4O2S/c1-17(6-10(19)15-5-9(14)18)12-16-11-7(13)3-2-4-8(11)20-12/h2-4H,5-6H2,1H3,(H2,14,18)(H,15,19). The quantitative estimate of drug-likeness (QED) is 0.839. The van der Waals surface area contributed by atoms with Crippen LogP contribution >= 0.6 is 11.3 Å². The number of para-hydroxylation sites is 1. The van der Waals surface area contributed by atoms with Gasteiger partial charge in [0.25, 0.3) is 0 Å². The first-order valence-electron chi connectivity index (χ1n) is 5.78. The number of primary amides is 1. The van der Waals surface area contributed by atoms with Gasteiger partial charge in [-0.15, -0.1) is 0 Å². The van der Waals surface area contributed by atoms with Gasteiger partial charge in [0.1, 0.15) is 11.3 Å². The van der Waals surface area contributed by atoms with Crippen molar-refractivity contribution < 1.29 is 14.0 Å². The van der Waals surface area contributed by atoms with Crippen molar-refractivity contribution in [3.8, 4) is 0 Å². The van der Waals surface area contributed by atoms with Crippen LogP contribution in [0.3, 0.4) is 0 Å². The first kappa shape index (κ1) is 14.2. The van der Waals surface area contributed by atoms with E-state index in [0.717, 1.165) is 0 Å². The third-order valence-electron chi connectivity index (χ3n) is 2.53. The van der Waals surface area contributed by atoms with E-state index in [-0.39, 0.29) is 24.5 Å². The second-order valence-corrected chi connectivity index (χ2v) is 5.19. The Hall–Kier alpha value is -2.22. The highest BCUT2D eigenvalue weighted by atomic mass is 32.1. The summed E-state index contributed by atoms with van der Waals surface area (Å²) in [6.07, 6.45) is 0. The van der Waals surface area contributed by atoms with E-state index in [1.54, 1.807) is 24.1 Å². The fourth-order valence-corrected chi connectivity index (χ4v) is 2.53. The second-order valence-electron chi connectivity index (χ2n) is 4.18. The highest BCUT2D eigenvalue weighted by Gasteiger charge is 2.14. The number of hydrogen-bond donors (Lipinski definition) is 2. The molecule has 3 N–H and O–H groups in total. The number of rotatable bonds is 5. The first-order valence-corrected chi connectivity index (χ1v) is 6.60. The minimum Gasteiger partial charge on any atom is -0.368 e. The first-order chi connectivity index (χ1) is 9.47. The minimum absolute atomic E-state index is 0.00865. The van der Waals surface area contributed by atoms with E-state index in [1.807, 2.05) is 0 Å². The third-order valence-corrected chi connectivity index (χ3v) is 3.66. The van der Waals surface area contributed by atoms with Gasteiger partial charge in [-0.05, 0) is 12.1 Å². The normalized spacial score (nSPS) is 10.5. The summed E-state index contributed by atoms with van der Waals surface area (Å²) in [6.45, 7) is -0.199. The molecule has 0 unspecified atom stereocenters. The van der Waals surface area contributed by atoms with Crippen molar-refractivity contribution in [2.24, 2.45) is 5.73 Å². The van der Waals surface area contributed by atoms with Gasteiger partial charge in [0.05, 0.1) is 17.8 Å². The number of anilines is 1. The Kier molecular flexibility index (Phi) is 4.14. The lowest BCUT2D eigenvalue weighted by Gasteiger charge is -2.14. The highest BCUT2D eigenvalue weighted by Crippen LogP contribution is 2.29. The average molecular weight is 296 g/mol. The summed E-state index contributed by atoms with van der Waals surface area (Å²) in [4.78, 5) is 27.9. The Bertz CT molecular complexity index is 658. The summed E-state index contributed by atoms with van der Waals surface area (Å²) in [7, 11) is 1.67.